The monoisotopic (exact) mass is 249 g/mol. The number of nitrogens with zero attached hydrogens (tertiary/aromatic N) is 1. The number of ether oxygens (including phenoxy) is 1. The molecule has 1 unspecified atom stereocenters. The third-order valence-corrected chi connectivity index (χ3v) is 3.24. The molecule has 0 N–H and O–H groups in total. The third kappa shape index (κ3) is 3.84. The van der Waals surface area contributed by atoms with Crippen LogP contribution in [0.15, 0.2) is 30.3 Å². The highest BCUT2D eigenvalue weighted by atomic mass is 16.5. The summed E-state index contributed by atoms with van der Waals surface area (Å²) in [6.45, 7) is 8.02. The van der Waals surface area contributed by atoms with E-state index in [0.717, 1.165) is 12.1 Å². The van der Waals surface area contributed by atoms with E-state index in [-0.39, 0.29) is 11.9 Å². The van der Waals surface area contributed by atoms with Gasteiger partial charge in [-0.15, -0.1) is 0 Å². The highest BCUT2D eigenvalue weighted by molar-refractivity contribution is 5.78. The lowest BCUT2D eigenvalue weighted by Gasteiger charge is -2.28. The van der Waals surface area contributed by atoms with E-state index in [1.165, 1.54) is 7.11 Å². The minimum atomic E-state index is -0.210. The van der Waals surface area contributed by atoms with Gasteiger partial charge in [0.2, 0.25) is 0 Å². The molecule has 0 fully saturated rings. The molecule has 0 saturated carbocycles. The number of carbonyl (C=O) groups excluding carboxylic acids is 1. The molecule has 1 rings (SSSR count). The Balaban J connectivity index is 2.89. The highest BCUT2D eigenvalue weighted by Gasteiger charge is 2.24. The number of hydrogen-bond acceptors (Lipinski definition) is 3. The van der Waals surface area contributed by atoms with E-state index in [9.17, 15) is 4.79 Å². The van der Waals surface area contributed by atoms with E-state index >= 15 is 0 Å². The lowest BCUT2D eigenvalue weighted by molar-refractivity contribution is -0.143. The van der Waals surface area contributed by atoms with Crippen LogP contribution in [0.3, 0.4) is 0 Å². The molecule has 1 atom stereocenters. The average molecular weight is 249 g/mol. The quantitative estimate of drug-likeness (QED) is 0.726. The Morgan fingerprint density at radius 1 is 1.28 bits per heavy atom. The van der Waals surface area contributed by atoms with Crippen LogP contribution in [0, 0.1) is 0 Å². The summed E-state index contributed by atoms with van der Waals surface area (Å²) in [4.78, 5) is 14.2. The fourth-order valence-electron chi connectivity index (χ4n) is 2.08. The fraction of sp³-hybridized carbons (Fsp3) is 0.533. The van der Waals surface area contributed by atoms with Crippen molar-refractivity contribution < 1.29 is 9.53 Å². The minimum absolute atomic E-state index is 0.166. The topological polar surface area (TPSA) is 29.5 Å². The maximum Gasteiger partial charge on any atom is 0.314 e. The Bertz CT molecular complexity index is 362. The second-order valence-corrected chi connectivity index (χ2v) is 4.67. The summed E-state index contributed by atoms with van der Waals surface area (Å²) in [7, 11) is 1.45. The fourth-order valence-corrected chi connectivity index (χ4v) is 2.08. The summed E-state index contributed by atoms with van der Waals surface area (Å²) >= 11 is 0. The zero-order valence-corrected chi connectivity index (χ0v) is 11.7. The van der Waals surface area contributed by atoms with E-state index in [2.05, 4.69) is 25.7 Å². The van der Waals surface area contributed by atoms with Crippen molar-refractivity contribution in [3.05, 3.63) is 35.9 Å². The summed E-state index contributed by atoms with van der Waals surface area (Å²) in [5, 5.41) is 0. The molecule has 1 aromatic rings. The van der Waals surface area contributed by atoms with Crippen molar-refractivity contribution in [2.24, 2.45) is 0 Å². The molecule has 0 saturated heterocycles. The molecule has 0 aliphatic heterocycles. The number of esters is 1. The smallest absolute Gasteiger partial charge is 0.314 e. The number of rotatable bonds is 6. The Labute approximate surface area is 110 Å². The van der Waals surface area contributed by atoms with E-state index < -0.39 is 0 Å². The maximum atomic E-state index is 11.9. The van der Waals surface area contributed by atoms with Crippen LogP contribution in [0.1, 0.15) is 32.3 Å². The summed E-state index contributed by atoms with van der Waals surface area (Å²) in [6, 6.07) is 10.3. The van der Waals surface area contributed by atoms with Gasteiger partial charge in [0.05, 0.1) is 13.0 Å². The largest absolute Gasteiger partial charge is 0.469 e. The van der Waals surface area contributed by atoms with Gasteiger partial charge in [-0.1, -0.05) is 37.3 Å². The van der Waals surface area contributed by atoms with Crippen molar-refractivity contribution in [2.75, 3.05) is 20.2 Å². The van der Waals surface area contributed by atoms with Crippen molar-refractivity contribution in [3.8, 4) is 0 Å². The SMILES string of the molecule is CCN(CC(C(=O)OC)c1ccccc1)C(C)C. The average Bonchev–Trinajstić information content (AvgIpc) is 2.39. The first kappa shape index (κ1) is 14.7. The minimum Gasteiger partial charge on any atom is -0.469 e. The van der Waals surface area contributed by atoms with Crippen LogP contribution in [0.25, 0.3) is 0 Å². The van der Waals surface area contributed by atoms with Crippen LogP contribution in [0.2, 0.25) is 0 Å². The van der Waals surface area contributed by atoms with Crippen LogP contribution in [-0.4, -0.2) is 37.1 Å². The predicted octanol–water partition coefficient (Wildman–Crippen LogP) is 2.67. The second-order valence-electron chi connectivity index (χ2n) is 4.67. The zero-order valence-electron chi connectivity index (χ0n) is 11.7. The Hall–Kier alpha value is -1.35. The number of methoxy groups -OCH3 is 1. The van der Waals surface area contributed by atoms with Gasteiger partial charge in [-0.2, -0.15) is 0 Å². The van der Waals surface area contributed by atoms with Crippen molar-refractivity contribution in [2.45, 2.75) is 32.7 Å². The van der Waals surface area contributed by atoms with Gasteiger partial charge in [0.15, 0.2) is 0 Å². The van der Waals surface area contributed by atoms with Gasteiger partial charge in [-0.3, -0.25) is 4.79 Å². The van der Waals surface area contributed by atoms with Crippen molar-refractivity contribution in [1.82, 2.24) is 4.90 Å². The van der Waals surface area contributed by atoms with Crippen LogP contribution in [-0.2, 0) is 9.53 Å². The molecule has 3 heteroatoms. The first-order valence-corrected chi connectivity index (χ1v) is 6.47. The summed E-state index contributed by atoms with van der Waals surface area (Å²) in [5.41, 5.74) is 1.02. The molecule has 0 radical (unpaired) electrons. The Morgan fingerprint density at radius 3 is 2.33 bits per heavy atom. The van der Waals surface area contributed by atoms with Gasteiger partial charge in [-0.05, 0) is 26.0 Å². The predicted molar refractivity (Wildman–Crippen MR) is 73.6 cm³/mol. The number of likely N-dealkylation sites (N-methyl/N-ethyl adjacent to an activating group) is 1. The molecule has 0 bridgehead atoms. The number of benzene rings is 1. The molecule has 3 nitrogen and oxygen atoms in total. The van der Waals surface area contributed by atoms with Crippen molar-refractivity contribution >= 4 is 5.97 Å². The Morgan fingerprint density at radius 2 is 1.89 bits per heavy atom. The van der Waals surface area contributed by atoms with Crippen LogP contribution < -0.4 is 0 Å². The molecule has 18 heavy (non-hydrogen) atoms. The summed E-state index contributed by atoms with van der Waals surface area (Å²) < 4.78 is 4.93. The molecule has 0 amide bonds. The molecule has 1 aromatic carbocycles. The first-order valence-electron chi connectivity index (χ1n) is 6.47. The maximum absolute atomic E-state index is 11.9. The number of hydrogen-bond donors (Lipinski definition) is 0. The van der Waals surface area contributed by atoms with E-state index in [1.54, 1.807) is 0 Å². The van der Waals surface area contributed by atoms with Crippen LogP contribution >= 0.6 is 0 Å². The lowest BCUT2D eigenvalue weighted by atomic mass is 9.98. The molecule has 0 heterocycles. The van der Waals surface area contributed by atoms with Gasteiger partial charge >= 0.3 is 5.97 Å². The van der Waals surface area contributed by atoms with Crippen LogP contribution in [0.4, 0.5) is 0 Å². The van der Waals surface area contributed by atoms with E-state index in [1.807, 2.05) is 30.3 Å². The molecular weight excluding hydrogens is 226 g/mol. The molecule has 100 valence electrons. The Kier molecular flexibility index (Phi) is 5.86. The van der Waals surface area contributed by atoms with E-state index in [0.29, 0.717) is 12.6 Å². The van der Waals surface area contributed by atoms with Gasteiger partial charge < -0.3 is 9.64 Å². The van der Waals surface area contributed by atoms with Gasteiger partial charge in [0.1, 0.15) is 0 Å². The number of carbonyl (C=O) groups is 1. The van der Waals surface area contributed by atoms with Gasteiger partial charge in [-0.25, -0.2) is 0 Å². The third-order valence-electron chi connectivity index (χ3n) is 3.24. The normalized spacial score (nSPS) is 12.8. The summed E-state index contributed by atoms with van der Waals surface area (Å²) in [5.74, 6) is -0.376. The molecule has 0 aliphatic rings. The van der Waals surface area contributed by atoms with Gasteiger partial charge in [0.25, 0.3) is 0 Å². The first-order chi connectivity index (χ1) is 8.60. The van der Waals surface area contributed by atoms with Crippen LogP contribution in [0.5, 0.6) is 0 Å². The lowest BCUT2D eigenvalue weighted by Crippen LogP contribution is -2.37. The zero-order chi connectivity index (χ0) is 13.5. The standard InChI is InChI=1S/C15H23NO2/c1-5-16(12(2)3)11-14(15(17)18-4)13-9-7-6-8-10-13/h6-10,12,14H,5,11H2,1-4H3. The molecule has 0 aliphatic carbocycles. The van der Waals surface area contributed by atoms with Crippen molar-refractivity contribution in [1.29, 1.82) is 0 Å². The summed E-state index contributed by atoms with van der Waals surface area (Å²) in [6.07, 6.45) is 0. The van der Waals surface area contributed by atoms with Crippen molar-refractivity contribution in [3.63, 3.8) is 0 Å². The van der Waals surface area contributed by atoms with E-state index in [4.69, 9.17) is 4.74 Å². The molecule has 0 aromatic heterocycles. The molecular formula is C15H23NO2. The molecule has 0 spiro atoms. The van der Waals surface area contributed by atoms with Gasteiger partial charge in [0, 0.05) is 12.6 Å². The highest BCUT2D eigenvalue weighted by Crippen LogP contribution is 2.19. The second kappa shape index (κ2) is 7.17.